The van der Waals surface area contributed by atoms with Crippen LogP contribution in [0.4, 0.5) is 0 Å². The molecule has 9 nitrogen and oxygen atoms in total. The molecule has 152 valence electrons. The summed E-state index contributed by atoms with van der Waals surface area (Å²) in [6, 6.07) is 3.09. The van der Waals surface area contributed by atoms with Crippen LogP contribution in [0.5, 0.6) is 17.2 Å². The lowest BCUT2D eigenvalue weighted by atomic mass is 10.2. The second kappa shape index (κ2) is 8.31. The van der Waals surface area contributed by atoms with Crippen LogP contribution in [0.15, 0.2) is 22.0 Å². The lowest BCUT2D eigenvalue weighted by molar-refractivity contribution is -0.120. The third-order valence-corrected chi connectivity index (χ3v) is 5.42. The first-order valence-electron chi connectivity index (χ1n) is 8.59. The molecule has 0 atom stereocenters. The highest BCUT2D eigenvalue weighted by atomic mass is 32.1. The van der Waals surface area contributed by atoms with Gasteiger partial charge in [-0.15, -0.1) is 11.3 Å². The van der Waals surface area contributed by atoms with Crippen LogP contribution < -0.4 is 20.5 Å². The van der Waals surface area contributed by atoms with Gasteiger partial charge >= 0.3 is 0 Å². The van der Waals surface area contributed by atoms with Gasteiger partial charge in [0.2, 0.25) is 11.7 Å². The second-order valence-electron chi connectivity index (χ2n) is 6.22. The van der Waals surface area contributed by atoms with Crippen LogP contribution >= 0.6 is 11.3 Å². The molecule has 0 saturated heterocycles. The van der Waals surface area contributed by atoms with Gasteiger partial charge in [-0.25, -0.2) is 10.4 Å². The SMILES string of the molecule is COc1cc(/C=N/NC(=O)Cc2nc3sc(C)c(C)c3c(=O)[nH]2)cc(OC)c1O. The van der Waals surface area contributed by atoms with Crippen molar-refractivity contribution in [2.24, 2.45) is 5.10 Å². The van der Waals surface area contributed by atoms with Gasteiger partial charge in [-0.3, -0.25) is 9.59 Å². The molecule has 0 aliphatic carbocycles. The third kappa shape index (κ3) is 4.21. The average molecular weight is 416 g/mol. The van der Waals surface area contributed by atoms with Crippen molar-refractivity contribution in [1.82, 2.24) is 15.4 Å². The van der Waals surface area contributed by atoms with Gasteiger partial charge in [0.1, 0.15) is 10.7 Å². The maximum atomic E-state index is 12.3. The molecular formula is C19H20N4O5S. The molecule has 0 unspecified atom stereocenters. The molecule has 0 aliphatic heterocycles. The number of fused-ring (bicyclic) bond motifs is 1. The summed E-state index contributed by atoms with van der Waals surface area (Å²) in [4.78, 5) is 33.1. The number of aromatic amines is 1. The summed E-state index contributed by atoms with van der Waals surface area (Å²) in [5.41, 5.74) is 3.58. The van der Waals surface area contributed by atoms with Gasteiger partial charge in [0, 0.05) is 10.4 Å². The van der Waals surface area contributed by atoms with Crippen LogP contribution in [0.25, 0.3) is 10.2 Å². The van der Waals surface area contributed by atoms with E-state index in [2.05, 4.69) is 20.5 Å². The molecule has 0 aliphatic rings. The smallest absolute Gasteiger partial charge is 0.259 e. The fourth-order valence-corrected chi connectivity index (χ4v) is 3.79. The van der Waals surface area contributed by atoms with E-state index in [4.69, 9.17) is 9.47 Å². The molecule has 3 N–H and O–H groups in total. The van der Waals surface area contributed by atoms with Crippen molar-refractivity contribution in [2.75, 3.05) is 14.2 Å². The number of methoxy groups -OCH3 is 2. The number of ether oxygens (including phenoxy) is 2. The molecule has 29 heavy (non-hydrogen) atoms. The number of benzene rings is 1. The number of carbonyl (C=O) groups is 1. The summed E-state index contributed by atoms with van der Waals surface area (Å²) < 4.78 is 10.1. The Morgan fingerprint density at radius 3 is 2.59 bits per heavy atom. The summed E-state index contributed by atoms with van der Waals surface area (Å²) in [6.45, 7) is 3.80. The molecule has 1 aromatic carbocycles. The number of amides is 1. The maximum absolute atomic E-state index is 12.3. The number of rotatable bonds is 6. The van der Waals surface area contributed by atoms with Crippen LogP contribution in [0.3, 0.4) is 0 Å². The summed E-state index contributed by atoms with van der Waals surface area (Å²) in [5, 5.41) is 14.4. The second-order valence-corrected chi connectivity index (χ2v) is 7.42. The summed E-state index contributed by atoms with van der Waals surface area (Å²) >= 11 is 1.42. The standard InChI is InChI=1S/C19H20N4O5S/c1-9-10(2)29-19-16(9)18(26)21-14(22-19)7-15(24)23-20-8-11-5-12(27-3)17(25)13(6-11)28-4/h5-6,8,25H,7H2,1-4H3,(H,23,24)(H,21,22,26)/b20-8+. The van der Waals surface area contributed by atoms with Crippen LogP contribution in [0, 0.1) is 13.8 Å². The van der Waals surface area contributed by atoms with E-state index in [1.165, 1.54) is 31.8 Å². The predicted molar refractivity (Wildman–Crippen MR) is 110 cm³/mol. The quantitative estimate of drug-likeness (QED) is 0.417. The van der Waals surface area contributed by atoms with Gasteiger partial charge in [-0.05, 0) is 31.5 Å². The van der Waals surface area contributed by atoms with Crippen LogP contribution in [-0.2, 0) is 11.2 Å². The Labute approximate surface area is 170 Å². The van der Waals surface area contributed by atoms with Crippen LogP contribution in [0.2, 0.25) is 0 Å². The Bertz CT molecular complexity index is 1140. The van der Waals surface area contributed by atoms with Crippen molar-refractivity contribution in [3.8, 4) is 17.2 Å². The molecule has 0 saturated carbocycles. The molecule has 10 heteroatoms. The summed E-state index contributed by atoms with van der Waals surface area (Å²) in [6.07, 6.45) is 1.26. The number of hydrazone groups is 1. The number of carbonyl (C=O) groups excluding carboxylic acids is 1. The fraction of sp³-hybridized carbons (Fsp3) is 0.263. The molecule has 2 heterocycles. The van der Waals surface area contributed by atoms with Gasteiger partial charge in [0.15, 0.2) is 11.5 Å². The Hall–Kier alpha value is -3.40. The minimum atomic E-state index is -0.438. The van der Waals surface area contributed by atoms with E-state index in [-0.39, 0.29) is 35.1 Å². The van der Waals surface area contributed by atoms with Gasteiger partial charge in [0.25, 0.3) is 5.56 Å². The molecule has 0 spiro atoms. The van der Waals surface area contributed by atoms with Gasteiger partial charge in [0.05, 0.1) is 32.2 Å². The number of H-pyrrole nitrogens is 1. The van der Waals surface area contributed by atoms with Crippen LogP contribution in [0.1, 0.15) is 21.8 Å². The summed E-state index contributed by atoms with van der Waals surface area (Å²) in [7, 11) is 2.83. The van der Waals surface area contributed by atoms with E-state index in [1.54, 1.807) is 12.1 Å². The lowest BCUT2D eigenvalue weighted by Crippen LogP contribution is -2.23. The zero-order valence-electron chi connectivity index (χ0n) is 16.3. The number of aromatic nitrogens is 2. The number of phenols is 1. The molecule has 0 bridgehead atoms. The minimum absolute atomic E-state index is 0.124. The first kappa shape index (κ1) is 20.3. The Morgan fingerprint density at radius 1 is 1.31 bits per heavy atom. The Morgan fingerprint density at radius 2 is 1.97 bits per heavy atom. The highest BCUT2D eigenvalue weighted by molar-refractivity contribution is 7.18. The van der Waals surface area contributed by atoms with E-state index in [0.29, 0.717) is 15.8 Å². The topological polar surface area (TPSA) is 126 Å². The molecule has 1 amide bonds. The lowest BCUT2D eigenvalue weighted by Gasteiger charge is -2.09. The van der Waals surface area contributed by atoms with Crippen molar-refractivity contribution in [3.63, 3.8) is 0 Å². The highest BCUT2D eigenvalue weighted by Crippen LogP contribution is 2.36. The largest absolute Gasteiger partial charge is 0.502 e. The Balaban J connectivity index is 1.72. The number of aryl methyl sites for hydroxylation is 2. The van der Waals surface area contributed by atoms with E-state index in [1.807, 2.05) is 13.8 Å². The van der Waals surface area contributed by atoms with E-state index in [0.717, 1.165) is 10.4 Å². The number of hydrogen-bond acceptors (Lipinski definition) is 8. The van der Waals surface area contributed by atoms with Gasteiger partial charge in [-0.1, -0.05) is 0 Å². The number of nitrogens with zero attached hydrogens (tertiary/aromatic N) is 2. The first-order chi connectivity index (χ1) is 13.8. The molecule has 3 aromatic rings. The van der Waals surface area contributed by atoms with Crippen molar-refractivity contribution >= 4 is 33.7 Å². The molecule has 0 radical (unpaired) electrons. The first-order valence-corrected chi connectivity index (χ1v) is 9.41. The highest BCUT2D eigenvalue weighted by Gasteiger charge is 2.14. The maximum Gasteiger partial charge on any atom is 0.259 e. The molecule has 3 rings (SSSR count). The van der Waals surface area contributed by atoms with Crippen molar-refractivity contribution in [3.05, 3.63) is 44.3 Å². The Kier molecular flexibility index (Phi) is 5.83. The third-order valence-electron chi connectivity index (χ3n) is 4.32. The zero-order valence-corrected chi connectivity index (χ0v) is 17.1. The van der Waals surface area contributed by atoms with E-state index in [9.17, 15) is 14.7 Å². The molecule has 0 fully saturated rings. The average Bonchev–Trinajstić information content (AvgIpc) is 2.96. The predicted octanol–water partition coefficient (Wildman–Crippen LogP) is 2.02. The monoisotopic (exact) mass is 416 g/mol. The van der Waals surface area contributed by atoms with Crippen molar-refractivity contribution < 1.29 is 19.4 Å². The summed E-state index contributed by atoms with van der Waals surface area (Å²) in [5.74, 6) is 0.138. The van der Waals surface area contributed by atoms with Crippen molar-refractivity contribution in [2.45, 2.75) is 20.3 Å². The number of thiophene rings is 1. The van der Waals surface area contributed by atoms with E-state index >= 15 is 0 Å². The normalized spacial score (nSPS) is 11.2. The number of phenolic OH excluding ortho intramolecular Hbond substituents is 1. The number of hydrogen-bond donors (Lipinski definition) is 3. The van der Waals surface area contributed by atoms with Crippen molar-refractivity contribution in [1.29, 1.82) is 0 Å². The van der Waals surface area contributed by atoms with Crippen LogP contribution in [-0.4, -0.2) is 41.4 Å². The zero-order chi connectivity index (χ0) is 21.1. The molecular weight excluding hydrogens is 396 g/mol. The molecule has 2 aromatic heterocycles. The fourth-order valence-electron chi connectivity index (χ4n) is 2.74. The minimum Gasteiger partial charge on any atom is -0.502 e. The number of nitrogens with one attached hydrogen (secondary N) is 2. The van der Waals surface area contributed by atoms with Gasteiger partial charge < -0.3 is 19.6 Å². The van der Waals surface area contributed by atoms with E-state index < -0.39 is 5.91 Å². The number of aromatic hydroxyl groups is 1. The van der Waals surface area contributed by atoms with Gasteiger partial charge in [-0.2, -0.15) is 5.10 Å².